The predicted molar refractivity (Wildman–Crippen MR) is 76.1 cm³/mol. The van der Waals surface area contributed by atoms with Crippen LogP contribution in [-0.4, -0.2) is 41.4 Å². The highest BCUT2D eigenvalue weighted by Crippen LogP contribution is 2.33. The highest BCUT2D eigenvalue weighted by atomic mass is 16.6. The second-order valence-corrected chi connectivity index (χ2v) is 5.64. The van der Waals surface area contributed by atoms with Gasteiger partial charge in [-0.1, -0.05) is 0 Å². The molecule has 1 saturated heterocycles. The lowest BCUT2D eigenvalue weighted by atomic mass is 10.0. The monoisotopic (exact) mass is 291 g/mol. The Kier molecular flexibility index (Phi) is 4.11. The first-order valence-corrected chi connectivity index (χ1v) is 6.58. The second kappa shape index (κ2) is 5.68. The number of benzene rings is 1. The molecule has 1 unspecified atom stereocenters. The van der Waals surface area contributed by atoms with Crippen LogP contribution in [0.3, 0.4) is 0 Å². The molecule has 21 heavy (non-hydrogen) atoms. The van der Waals surface area contributed by atoms with Gasteiger partial charge in [-0.15, -0.1) is 0 Å². The van der Waals surface area contributed by atoms with Gasteiger partial charge >= 0.3 is 0 Å². The minimum Gasteiger partial charge on any atom is -0.394 e. The average Bonchev–Trinajstić information content (AvgIpc) is 2.44. The van der Waals surface area contributed by atoms with Crippen molar-refractivity contribution in [2.24, 2.45) is 0 Å². The van der Waals surface area contributed by atoms with Crippen molar-refractivity contribution in [3.63, 3.8) is 0 Å². The summed E-state index contributed by atoms with van der Waals surface area (Å²) >= 11 is 0. The topological polar surface area (TPSA) is 99.6 Å². The highest BCUT2D eigenvalue weighted by molar-refractivity contribution is 5.66. The summed E-state index contributed by atoms with van der Waals surface area (Å²) in [4.78, 5) is 12.6. The summed E-state index contributed by atoms with van der Waals surface area (Å²) in [5.74, 6) is 0. The number of morpholine rings is 1. The van der Waals surface area contributed by atoms with E-state index in [1.54, 1.807) is 12.1 Å². The fourth-order valence-corrected chi connectivity index (χ4v) is 2.58. The normalized spacial score (nSPS) is 20.9. The fraction of sp³-hybridized carbons (Fsp3) is 0.500. The van der Waals surface area contributed by atoms with Crippen molar-refractivity contribution in [2.45, 2.75) is 25.6 Å². The van der Waals surface area contributed by atoms with E-state index in [0.717, 1.165) is 0 Å². The maximum atomic E-state index is 11.2. The van der Waals surface area contributed by atoms with Crippen LogP contribution in [0.4, 0.5) is 11.4 Å². The predicted octanol–water partition coefficient (Wildman–Crippen LogP) is 1.44. The van der Waals surface area contributed by atoms with E-state index in [0.29, 0.717) is 18.8 Å². The zero-order valence-corrected chi connectivity index (χ0v) is 11.9. The average molecular weight is 291 g/mol. The number of nitrogens with zero attached hydrogens (tertiary/aromatic N) is 3. The molecule has 112 valence electrons. The quantitative estimate of drug-likeness (QED) is 0.668. The van der Waals surface area contributed by atoms with Gasteiger partial charge in [0.05, 0.1) is 34.9 Å². The molecule has 0 spiro atoms. The molecule has 1 fully saturated rings. The van der Waals surface area contributed by atoms with Gasteiger partial charge in [0.1, 0.15) is 5.69 Å². The summed E-state index contributed by atoms with van der Waals surface area (Å²) in [6.45, 7) is 4.43. The van der Waals surface area contributed by atoms with E-state index in [-0.39, 0.29) is 17.9 Å². The first-order valence-electron chi connectivity index (χ1n) is 6.58. The standard InChI is InChI=1S/C14H17N3O4/c1-14(2)9-16(7-11(8-18)21-14)12-4-3-10(6-15)5-13(12)17(19)20/h3-5,11,18H,7-9H2,1-2H3. The molecule has 1 aromatic rings. The lowest BCUT2D eigenvalue weighted by Crippen LogP contribution is -2.54. The summed E-state index contributed by atoms with van der Waals surface area (Å²) in [7, 11) is 0. The van der Waals surface area contributed by atoms with Crippen LogP contribution in [0.5, 0.6) is 0 Å². The number of hydrogen-bond acceptors (Lipinski definition) is 6. The number of anilines is 1. The van der Waals surface area contributed by atoms with Crippen LogP contribution in [0, 0.1) is 21.4 Å². The number of nitriles is 1. The zero-order valence-electron chi connectivity index (χ0n) is 11.9. The van der Waals surface area contributed by atoms with E-state index < -0.39 is 16.6 Å². The Balaban J connectivity index is 2.41. The number of nitro benzene ring substituents is 1. The first-order chi connectivity index (χ1) is 9.86. The van der Waals surface area contributed by atoms with Crippen molar-refractivity contribution in [3.05, 3.63) is 33.9 Å². The van der Waals surface area contributed by atoms with Crippen LogP contribution < -0.4 is 4.90 Å². The van der Waals surface area contributed by atoms with Crippen molar-refractivity contribution >= 4 is 11.4 Å². The van der Waals surface area contributed by atoms with Gasteiger partial charge in [0.25, 0.3) is 5.69 Å². The summed E-state index contributed by atoms with van der Waals surface area (Å²) in [6, 6.07) is 6.30. The molecule has 0 radical (unpaired) electrons. The maximum Gasteiger partial charge on any atom is 0.293 e. The van der Waals surface area contributed by atoms with Crippen LogP contribution in [0.25, 0.3) is 0 Å². The minimum atomic E-state index is -0.520. The Morgan fingerprint density at radius 2 is 2.33 bits per heavy atom. The first kappa shape index (κ1) is 15.2. The van der Waals surface area contributed by atoms with Crippen LogP contribution in [0.1, 0.15) is 19.4 Å². The number of aliphatic hydroxyl groups is 1. The largest absolute Gasteiger partial charge is 0.394 e. The lowest BCUT2D eigenvalue weighted by molar-refractivity contribution is -0.384. The molecule has 1 aliphatic rings. The van der Waals surface area contributed by atoms with Crippen LogP contribution in [0.15, 0.2) is 18.2 Å². The highest BCUT2D eigenvalue weighted by Gasteiger charge is 2.35. The Labute approximate surface area is 122 Å². The Morgan fingerprint density at radius 1 is 1.62 bits per heavy atom. The smallest absolute Gasteiger partial charge is 0.293 e. The van der Waals surface area contributed by atoms with E-state index in [1.165, 1.54) is 6.07 Å². The molecule has 1 N–H and O–H groups in total. The molecule has 0 bridgehead atoms. The summed E-state index contributed by atoms with van der Waals surface area (Å²) in [5, 5.41) is 29.4. The molecule has 7 heteroatoms. The van der Waals surface area contributed by atoms with Gasteiger partial charge in [0.2, 0.25) is 0 Å². The van der Waals surface area contributed by atoms with E-state index in [9.17, 15) is 15.2 Å². The van der Waals surface area contributed by atoms with Gasteiger partial charge in [-0.05, 0) is 26.0 Å². The number of hydrogen-bond donors (Lipinski definition) is 1. The summed E-state index contributed by atoms with van der Waals surface area (Å²) in [6.07, 6.45) is -0.399. The second-order valence-electron chi connectivity index (χ2n) is 5.64. The summed E-state index contributed by atoms with van der Waals surface area (Å²) < 4.78 is 5.71. The van der Waals surface area contributed by atoms with E-state index in [4.69, 9.17) is 10.00 Å². The molecule has 1 heterocycles. The molecular weight excluding hydrogens is 274 g/mol. The number of nitro groups is 1. The molecule has 0 saturated carbocycles. The lowest BCUT2D eigenvalue weighted by Gasteiger charge is -2.43. The SMILES string of the molecule is CC1(C)CN(c2ccc(C#N)cc2[N+](=O)[O-])CC(CO)O1. The third kappa shape index (κ3) is 3.29. The molecule has 7 nitrogen and oxygen atoms in total. The third-order valence-corrected chi connectivity index (χ3v) is 3.33. The molecule has 0 aliphatic carbocycles. The van der Waals surface area contributed by atoms with Crippen LogP contribution in [-0.2, 0) is 4.74 Å². The zero-order chi connectivity index (χ0) is 15.6. The van der Waals surface area contributed by atoms with E-state index in [1.807, 2.05) is 24.8 Å². The minimum absolute atomic E-state index is 0.108. The van der Waals surface area contributed by atoms with Gasteiger partial charge in [0, 0.05) is 19.2 Å². The van der Waals surface area contributed by atoms with E-state index in [2.05, 4.69) is 0 Å². The molecule has 1 atom stereocenters. The van der Waals surface area contributed by atoms with Crippen molar-refractivity contribution < 1.29 is 14.8 Å². The van der Waals surface area contributed by atoms with Crippen LogP contribution >= 0.6 is 0 Å². The van der Waals surface area contributed by atoms with Crippen molar-refractivity contribution in [1.29, 1.82) is 5.26 Å². The number of ether oxygens (including phenoxy) is 1. The molecule has 0 amide bonds. The van der Waals surface area contributed by atoms with E-state index >= 15 is 0 Å². The number of aliphatic hydroxyl groups excluding tert-OH is 1. The number of rotatable bonds is 3. The molecule has 1 aromatic carbocycles. The van der Waals surface area contributed by atoms with Gasteiger partial charge in [-0.2, -0.15) is 5.26 Å². The summed E-state index contributed by atoms with van der Waals surface area (Å²) in [5.41, 5.74) is 0.0573. The molecule has 2 rings (SSSR count). The molecule has 1 aliphatic heterocycles. The van der Waals surface area contributed by atoms with Crippen molar-refractivity contribution in [2.75, 3.05) is 24.6 Å². The Bertz CT molecular complexity index is 594. The third-order valence-electron chi connectivity index (χ3n) is 3.33. The molecule has 0 aromatic heterocycles. The molecular formula is C14H17N3O4. The van der Waals surface area contributed by atoms with Gasteiger partial charge in [-0.25, -0.2) is 0 Å². The van der Waals surface area contributed by atoms with Crippen molar-refractivity contribution in [3.8, 4) is 6.07 Å². The fourth-order valence-electron chi connectivity index (χ4n) is 2.58. The van der Waals surface area contributed by atoms with Crippen LogP contribution in [0.2, 0.25) is 0 Å². The Hall–Kier alpha value is -2.17. The Morgan fingerprint density at radius 3 is 2.90 bits per heavy atom. The van der Waals surface area contributed by atoms with Gasteiger partial charge in [-0.3, -0.25) is 10.1 Å². The van der Waals surface area contributed by atoms with Gasteiger partial charge < -0.3 is 14.7 Å². The van der Waals surface area contributed by atoms with Crippen molar-refractivity contribution in [1.82, 2.24) is 0 Å². The maximum absolute atomic E-state index is 11.2. The van der Waals surface area contributed by atoms with Gasteiger partial charge in [0.15, 0.2) is 0 Å².